The van der Waals surface area contributed by atoms with E-state index in [1.165, 1.54) is 36.9 Å². The molecule has 0 amide bonds. The van der Waals surface area contributed by atoms with Crippen molar-refractivity contribution in [2.24, 2.45) is 17.1 Å². The van der Waals surface area contributed by atoms with E-state index in [1.807, 2.05) is 0 Å². The third-order valence-corrected chi connectivity index (χ3v) is 4.98. The van der Waals surface area contributed by atoms with Crippen molar-refractivity contribution in [3.8, 4) is 0 Å². The summed E-state index contributed by atoms with van der Waals surface area (Å²) in [5, 5.41) is 0. The van der Waals surface area contributed by atoms with Crippen LogP contribution in [0.25, 0.3) is 0 Å². The van der Waals surface area contributed by atoms with Crippen molar-refractivity contribution in [1.82, 2.24) is 0 Å². The Morgan fingerprint density at radius 3 is 2.55 bits per heavy atom. The van der Waals surface area contributed by atoms with E-state index in [-0.39, 0.29) is 0 Å². The average Bonchev–Trinajstić information content (AvgIpc) is 2.47. The Kier molecular flexibility index (Phi) is 5.09. The smallest absolute Gasteiger partial charge is 0.0363 e. The van der Waals surface area contributed by atoms with Crippen LogP contribution in [0.15, 0.2) is 24.3 Å². The van der Waals surface area contributed by atoms with Crippen molar-refractivity contribution < 1.29 is 0 Å². The Labute approximate surface area is 124 Å². The van der Waals surface area contributed by atoms with Crippen LogP contribution in [0.2, 0.25) is 0 Å². The molecule has 2 heteroatoms. The van der Waals surface area contributed by atoms with Gasteiger partial charge >= 0.3 is 0 Å². The second kappa shape index (κ2) is 6.62. The van der Waals surface area contributed by atoms with Gasteiger partial charge in [-0.05, 0) is 49.4 Å². The second-order valence-corrected chi connectivity index (χ2v) is 6.78. The number of hydrogen-bond acceptors (Lipinski definition) is 2. The summed E-state index contributed by atoms with van der Waals surface area (Å²) < 4.78 is 0. The lowest BCUT2D eigenvalue weighted by molar-refractivity contribution is 0.161. The Hall–Kier alpha value is -1.02. The van der Waals surface area contributed by atoms with Crippen LogP contribution in [-0.4, -0.2) is 20.1 Å². The highest BCUT2D eigenvalue weighted by molar-refractivity contribution is 5.47. The molecule has 0 heterocycles. The number of anilines is 1. The van der Waals surface area contributed by atoms with E-state index >= 15 is 0 Å². The van der Waals surface area contributed by atoms with Crippen LogP contribution in [0.5, 0.6) is 0 Å². The van der Waals surface area contributed by atoms with Gasteiger partial charge in [-0.15, -0.1) is 0 Å². The molecule has 0 aliphatic heterocycles. The predicted octanol–water partition coefficient (Wildman–Crippen LogP) is 3.84. The Morgan fingerprint density at radius 1 is 1.30 bits per heavy atom. The third kappa shape index (κ3) is 3.54. The first-order valence-corrected chi connectivity index (χ1v) is 8.09. The van der Waals surface area contributed by atoms with Gasteiger partial charge in [0.15, 0.2) is 0 Å². The van der Waals surface area contributed by atoms with Crippen molar-refractivity contribution >= 4 is 5.69 Å². The molecule has 1 aliphatic carbocycles. The lowest BCUT2D eigenvalue weighted by Gasteiger charge is -2.42. The normalized spacial score (nSPS) is 26.5. The zero-order valence-corrected chi connectivity index (χ0v) is 13.4. The minimum atomic E-state index is 0.315. The summed E-state index contributed by atoms with van der Waals surface area (Å²) >= 11 is 0. The summed E-state index contributed by atoms with van der Waals surface area (Å²) in [6.07, 6.45) is 6.37. The fraction of sp³-hybridized carbons (Fsp3) is 0.667. The number of benzene rings is 1. The molecule has 0 aromatic heterocycles. The van der Waals surface area contributed by atoms with Crippen molar-refractivity contribution in [1.29, 1.82) is 0 Å². The van der Waals surface area contributed by atoms with Crippen molar-refractivity contribution in [2.45, 2.75) is 46.0 Å². The van der Waals surface area contributed by atoms with E-state index in [9.17, 15) is 0 Å². The van der Waals surface area contributed by atoms with Crippen LogP contribution >= 0.6 is 0 Å². The summed E-state index contributed by atoms with van der Waals surface area (Å²) in [6, 6.07) is 8.97. The topological polar surface area (TPSA) is 29.3 Å². The molecule has 1 fully saturated rings. The van der Waals surface area contributed by atoms with Gasteiger partial charge in [0.1, 0.15) is 0 Å². The van der Waals surface area contributed by atoms with Gasteiger partial charge in [0.25, 0.3) is 0 Å². The molecular weight excluding hydrogens is 244 g/mol. The molecule has 2 rings (SSSR count). The summed E-state index contributed by atoms with van der Waals surface area (Å²) in [7, 11) is 2.21. The number of nitrogens with zero attached hydrogens (tertiary/aromatic N) is 1. The maximum absolute atomic E-state index is 6.15. The SMILES string of the molecule is CCc1ccc(N(C)CC2(CN)CCCC(C)C2)cc1. The molecule has 1 aliphatic rings. The lowest BCUT2D eigenvalue weighted by atomic mass is 9.70. The molecule has 112 valence electrons. The summed E-state index contributed by atoms with van der Waals surface area (Å²) in [5.41, 5.74) is 9.18. The van der Waals surface area contributed by atoms with Gasteiger partial charge in [-0.1, -0.05) is 38.8 Å². The molecular formula is C18H30N2. The van der Waals surface area contributed by atoms with Gasteiger partial charge in [0.05, 0.1) is 0 Å². The summed E-state index contributed by atoms with van der Waals surface area (Å²) in [6.45, 7) is 6.47. The first-order chi connectivity index (χ1) is 9.58. The van der Waals surface area contributed by atoms with Crippen LogP contribution in [0, 0.1) is 11.3 Å². The molecule has 0 radical (unpaired) electrons. The summed E-state index contributed by atoms with van der Waals surface area (Å²) in [4.78, 5) is 2.39. The zero-order chi connectivity index (χ0) is 14.6. The molecule has 2 unspecified atom stereocenters. The maximum atomic E-state index is 6.15. The van der Waals surface area contributed by atoms with E-state index < -0.39 is 0 Å². The minimum absolute atomic E-state index is 0.315. The number of rotatable bonds is 5. The molecule has 1 aromatic rings. The second-order valence-electron chi connectivity index (χ2n) is 6.78. The zero-order valence-electron chi connectivity index (χ0n) is 13.4. The van der Waals surface area contributed by atoms with Crippen molar-refractivity contribution in [3.05, 3.63) is 29.8 Å². The molecule has 0 spiro atoms. The van der Waals surface area contributed by atoms with Crippen LogP contribution < -0.4 is 10.6 Å². The molecule has 2 atom stereocenters. The fourth-order valence-electron chi connectivity index (χ4n) is 3.74. The first kappa shape index (κ1) is 15.4. The van der Waals surface area contributed by atoms with Gasteiger partial charge in [-0.2, -0.15) is 0 Å². The Morgan fingerprint density at radius 2 is 2.00 bits per heavy atom. The predicted molar refractivity (Wildman–Crippen MR) is 88.2 cm³/mol. The quantitative estimate of drug-likeness (QED) is 0.884. The molecule has 2 nitrogen and oxygen atoms in total. The van der Waals surface area contributed by atoms with Crippen molar-refractivity contribution in [2.75, 3.05) is 25.0 Å². The molecule has 2 N–H and O–H groups in total. The van der Waals surface area contributed by atoms with Gasteiger partial charge in [0, 0.05) is 24.7 Å². The Balaban J connectivity index is 2.05. The van der Waals surface area contributed by atoms with E-state index in [0.717, 1.165) is 25.4 Å². The monoisotopic (exact) mass is 274 g/mol. The first-order valence-electron chi connectivity index (χ1n) is 8.09. The van der Waals surface area contributed by atoms with Crippen LogP contribution in [0.4, 0.5) is 5.69 Å². The average molecular weight is 274 g/mol. The highest BCUT2D eigenvalue weighted by Crippen LogP contribution is 2.39. The minimum Gasteiger partial charge on any atom is -0.374 e. The number of hydrogen-bond donors (Lipinski definition) is 1. The largest absolute Gasteiger partial charge is 0.374 e. The lowest BCUT2D eigenvalue weighted by Crippen LogP contribution is -2.44. The van der Waals surface area contributed by atoms with E-state index in [4.69, 9.17) is 5.73 Å². The molecule has 20 heavy (non-hydrogen) atoms. The number of nitrogens with two attached hydrogens (primary N) is 1. The summed E-state index contributed by atoms with van der Waals surface area (Å²) in [5.74, 6) is 0.822. The number of aryl methyl sites for hydroxylation is 1. The third-order valence-electron chi connectivity index (χ3n) is 4.98. The van der Waals surface area contributed by atoms with Gasteiger partial charge in [-0.25, -0.2) is 0 Å². The van der Waals surface area contributed by atoms with E-state index in [0.29, 0.717) is 5.41 Å². The van der Waals surface area contributed by atoms with Crippen LogP contribution in [-0.2, 0) is 6.42 Å². The highest BCUT2D eigenvalue weighted by atomic mass is 15.1. The molecule has 1 saturated carbocycles. The van der Waals surface area contributed by atoms with E-state index in [2.05, 4.69) is 50.1 Å². The van der Waals surface area contributed by atoms with Gasteiger partial charge in [0.2, 0.25) is 0 Å². The standard InChI is InChI=1S/C18H30N2/c1-4-16-7-9-17(10-8-16)20(3)14-18(13-19)11-5-6-15(2)12-18/h7-10,15H,4-6,11-14,19H2,1-3H3. The van der Waals surface area contributed by atoms with E-state index in [1.54, 1.807) is 0 Å². The fourth-order valence-corrected chi connectivity index (χ4v) is 3.74. The Bertz CT molecular complexity index is 412. The molecule has 0 bridgehead atoms. The van der Waals surface area contributed by atoms with Gasteiger partial charge < -0.3 is 10.6 Å². The van der Waals surface area contributed by atoms with Crippen molar-refractivity contribution in [3.63, 3.8) is 0 Å². The van der Waals surface area contributed by atoms with Gasteiger partial charge in [-0.3, -0.25) is 0 Å². The highest BCUT2D eigenvalue weighted by Gasteiger charge is 2.34. The van der Waals surface area contributed by atoms with Crippen LogP contribution in [0.3, 0.4) is 0 Å². The molecule has 0 saturated heterocycles. The van der Waals surface area contributed by atoms with Crippen LogP contribution in [0.1, 0.15) is 45.1 Å². The maximum Gasteiger partial charge on any atom is 0.0363 e. The molecule has 1 aromatic carbocycles.